The molecule has 0 heterocycles. The van der Waals surface area contributed by atoms with Crippen LogP contribution in [0.4, 0.5) is 0 Å². The summed E-state index contributed by atoms with van der Waals surface area (Å²) >= 11 is 1.90. The molecular weight excluding hydrogens is 385 g/mol. The molecule has 2 unspecified atom stereocenters. The van der Waals surface area contributed by atoms with E-state index in [1.807, 2.05) is 11.8 Å². The van der Waals surface area contributed by atoms with Crippen molar-refractivity contribution in [1.29, 1.82) is 0 Å². The topological polar surface area (TPSA) is 56.7 Å². The van der Waals surface area contributed by atoms with Gasteiger partial charge >= 0.3 is 0 Å². The summed E-state index contributed by atoms with van der Waals surface area (Å²) in [5.41, 5.74) is 0. The van der Waals surface area contributed by atoms with Gasteiger partial charge in [-0.1, -0.05) is 6.42 Å². The second-order valence-electron chi connectivity index (χ2n) is 5.10. The van der Waals surface area contributed by atoms with E-state index in [1.165, 1.54) is 18.6 Å². The quantitative estimate of drug-likeness (QED) is 0.247. The van der Waals surface area contributed by atoms with Gasteiger partial charge in [0.25, 0.3) is 0 Å². The van der Waals surface area contributed by atoms with E-state index in [-0.39, 0.29) is 30.1 Å². The van der Waals surface area contributed by atoms with Crippen molar-refractivity contribution in [2.75, 3.05) is 31.6 Å². The molecule has 0 spiro atoms. The molecule has 0 aliphatic heterocycles. The number of guanidine groups is 1. The first kappa shape index (κ1) is 20.3. The molecule has 2 atom stereocenters. The fourth-order valence-electron chi connectivity index (χ4n) is 2.36. The number of rotatable bonds is 8. The average Bonchev–Trinajstić information content (AvgIpc) is 2.81. The van der Waals surface area contributed by atoms with Crippen LogP contribution in [0.25, 0.3) is 0 Å². The summed E-state index contributed by atoms with van der Waals surface area (Å²) in [5, 5.41) is 16.4. The fourth-order valence-corrected chi connectivity index (χ4v) is 2.85. The Morgan fingerprint density at radius 2 is 2.10 bits per heavy atom. The highest BCUT2D eigenvalue weighted by atomic mass is 127. The number of hydrogen-bond donors (Lipinski definition) is 3. The number of unbranched alkanes of at least 4 members (excludes halogenated alkanes) is 1. The second-order valence-corrected chi connectivity index (χ2v) is 6.09. The number of nitrogens with zero attached hydrogens (tertiary/aromatic N) is 1. The van der Waals surface area contributed by atoms with Gasteiger partial charge in [-0.3, -0.25) is 4.99 Å². The third kappa shape index (κ3) is 8.56. The molecule has 1 fully saturated rings. The van der Waals surface area contributed by atoms with Gasteiger partial charge in [-0.05, 0) is 44.6 Å². The Labute approximate surface area is 145 Å². The van der Waals surface area contributed by atoms with E-state index in [9.17, 15) is 5.11 Å². The van der Waals surface area contributed by atoms with Gasteiger partial charge in [-0.2, -0.15) is 11.8 Å². The van der Waals surface area contributed by atoms with Gasteiger partial charge in [0, 0.05) is 25.6 Å². The zero-order chi connectivity index (χ0) is 13.9. The van der Waals surface area contributed by atoms with Crippen LogP contribution in [0.1, 0.15) is 39.0 Å². The van der Waals surface area contributed by atoms with Crippen LogP contribution < -0.4 is 10.6 Å². The summed E-state index contributed by atoms with van der Waals surface area (Å²) in [5.74, 6) is 2.47. The Balaban J connectivity index is 0.00000361. The van der Waals surface area contributed by atoms with Crippen molar-refractivity contribution in [3.63, 3.8) is 0 Å². The van der Waals surface area contributed by atoms with Crippen LogP contribution in [0.15, 0.2) is 4.99 Å². The van der Waals surface area contributed by atoms with Crippen molar-refractivity contribution < 1.29 is 5.11 Å². The number of halogens is 1. The Hall–Kier alpha value is 0.310. The molecule has 0 aromatic rings. The molecule has 4 nitrogen and oxygen atoms in total. The smallest absolute Gasteiger partial charge is 0.191 e. The number of aliphatic hydroxyl groups excluding tert-OH is 1. The number of nitrogens with one attached hydrogen (secondary N) is 2. The van der Waals surface area contributed by atoms with Gasteiger partial charge in [0.2, 0.25) is 0 Å². The van der Waals surface area contributed by atoms with Crippen molar-refractivity contribution >= 4 is 41.7 Å². The molecule has 0 bridgehead atoms. The fraction of sp³-hybridized carbons (Fsp3) is 0.929. The minimum Gasteiger partial charge on any atom is -0.393 e. The maximum absolute atomic E-state index is 9.79. The molecule has 20 heavy (non-hydrogen) atoms. The minimum absolute atomic E-state index is 0. The minimum atomic E-state index is -0.145. The highest BCUT2D eigenvalue weighted by Crippen LogP contribution is 2.25. The van der Waals surface area contributed by atoms with Gasteiger partial charge in [-0.15, -0.1) is 24.0 Å². The molecule has 0 aromatic carbocycles. The van der Waals surface area contributed by atoms with Crippen LogP contribution in [-0.2, 0) is 0 Å². The third-order valence-corrected chi connectivity index (χ3v) is 4.21. The van der Waals surface area contributed by atoms with E-state index < -0.39 is 0 Å². The molecule has 0 radical (unpaired) electrons. The van der Waals surface area contributed by atoms with Crippen LogP contribution in [0.2, 0.25) is 0 Å². The summed E-state index contributed by atoms with van der Waals surface area (Å²) in [7, 11) is 0. The highest BCUT2D eigenvalue weighted by Gasteiger charge is 2.24. The van der Waals surface area contributed by atoms with E-state index in [1.54, 1.807) is 0 Å². The summed E-state index contributed by atoms with van der Waals surface area (Å²) < 4.78 is 0. The van der Waals surface area contributed by atoms with E-state index in [2.05, 4.69) is 28.8 Å². The van der Waals surface area contributed by atoms with Gasteiger partial charge in [0.15, 0.2) is 5.96 Å². The molecule has 0 amide bonds. The summed E-state index contributed by atoms with van der Waals surface area (Å²) in [6, 6.07) is 0. The van der Waals surface area contributed by atoms with Crippen LogP contribution in [0.3, 0.4) is 0 Å². The lowest BCUT2D eigenvalue weighted by Crippen LogP contribution is -2.38. The molecule has 1 aliphatic carbocycles. The molecular formula is C14H30IN3OS. The van der Waals surface area contributed by atoms with Crippen LogP contribution >= 0.6 is 35.7 Å². The van der Waals surface area contributed by atoms with Gasteiger partial charge in [0.1, 0.15) is 0 Å². The lowest BCUT2D eigenvalue weighted by atomic mass is 10.1. The highest BCUT2D eigenvalue weighted by molar-refractivity contribution is 14.0. The number of thioether (sulfide) groups is 1. The van der Waals surface area contributed by atoms with E-state index in [0.717, 1.165) is 44.9 Å². The van der Waals surface area contributed by atoms with E-state index in [4.69, 9.17) is 0 Å². The number of aliphatic hydroxyl groups is 1. The SMILES string of the molecule is CCNC(=NCC1CCCC1O)NCCCCSC.I. The first-order valence-corrected chi connectivity index (χ1v) is 8.86. The second kappa shape index (κ2) is 13.0. The van der Waals surface area contributed by atoms with Crippen molar-refractivity contribution in [2.24, 2.45) is 10.9 Å². The maximum Gasteiger partial charge on any atom is 0.191 e. The first-order chi connectivity index (χ1) is 9.27. The first-order valence-electron chi connectivity index (χ1n) is 7.47. The molecule has 3 N–H and O–H groups in total. The van der Waals surface area contributed by atoms with Crippen molar-refractivity contribution in [3.8, 4) is 0 Å². The monoisotopic (exact) mass is 415 g/mol. The van der Waals surface area contributed by atoms with E-state index >= 15 is 0 Å². The third-order valence-electron chi connectivity index (χ3n) is 3.51. The predicted molar refractivity (Wildman–Crippen MR) is 100 cm³/mol. The standard InChI is InChI=1S/C14H29N3OS.HI/c1-3-15-14(16-9-4-5-10-19-2)17-11-12-7-6-8-13(12)18;/h12-13,18H,3-11H2,1-2H3,(H2,15,16,17);1H. The van der Waals surface area contributed by atoms with Crippen molar-refractivity contribution in [3.05, 3.63) is 0 Å². The number of hydrogen-bond acceptors (Lipinski definition) is 3. The average molecular weight is 415 g/mol. The van der Waals surface area contributed by atoms with Crippen LogP contribution in [0, 0.1) is 5.92 Å². The molecule has 0 saturated heterocycles. The van der Waals surface area contributed by atoms with Gasteiger partial charge in [-0.25, -0.2) is 0 Å². The van der Waals surface area contributed by atoms with E-state index in [0.29, 0.717) is 5.92 Å². The summed E-state index contributed by atoms with van der Waals surface area (Å²) in [4.78, 5) is 4.59. The molecule has 120 valence electrons. The largest absolute Gasteiger partial charge is 0.393 e. The Kier molecular flexibility index (Phi) is 13.2. The molecule has 6 heteroatoms. The summed E-state index contributed by atoms with van der Waals surface area (Å²) in [6.07, 6.45) is 7.61. The maximum atomic E-state index is 9.79. The Morgan fingerprint density at radius 1 is 1.30 bits per heavy atom. The predicted octanol–water partition coefficient (Wildman–Crippen LogP) is 2.46. The molecule has 1 saturated carbocycles. The number of aliphatic imine (C=N–C) groups is 1. The Morgan fingerprint density at radius 3 is 2.70 bits per heavy atom. The summed E-state index contributed by atoms with van der Waals surface area (Å²) in [6.45, 7) is 4.67. The van der Waals surface area contributed by atoms with Gasteiger partial charge in [0.05, 0.1) is 6.10 Å². The molecule has 0 aromatic heterocycles. The van der Waals surface area contributed by atoms with Crippen LogP contribution in [0.5, 0.6) is 0 Å². The molecule has 1 rings (SSSR count). The van der Waals surface area contributed by atoms with Crippen molar-refractivity contribution in [2.45, 2.75) is 45.1 Å². The lowest BCUT2D eigenvalue weighted by Gasteiger charge is -2.14. The lowest BCUT2D eigenvalue weighted by molar-refractivity contribution is 0.136. The normalized spacial score (nSPS) is 22.4. The zero-order valence-corrected chi connectivity index (χ0v) is 15.9. The Bertz CT molecular complexity index is 267. The molecule has 1 aliphatic rings. The van der Waals surface area contributed by atoms with Crippen molar-refractivity contribution in [1.82, 2.24) is 10.6 Å². The van der Waals surface area contributed by atoms with Gasteiger partial charge < -0.3 is 15.7 Å². The van der Waals surface area contributed by atoms with Crippen LogP contribution in [-0.4, -0.2) is 48.8 Å². The zero-order valence-electron chi connectivity index (χ0n) is 12.7.